The van der Waals surface area contributed by atoms with Crippen LogP contribution in [0, 0.1) is 5.92 Å². The lowest BCUT2D eigenvalue weighted by atomic mass is 10.0. The molecule has 0 aliphatic carbocycles. The number of amides is 4. The van der Waals surface area contributed by atoms with Gasteiger partial charge in [-0.25, -0.2) is 4.79 Å². The Morgan fingerprint density at radius 1 is 0.632 bits per heavy atom. The number of aromatic hydroxyl groups is 1. The van der Waals surface area contributed by atoms with Gasteiger partial charge in [-0.2, -0.15) is 0 Å². The van der Waals surface area contributed by atoms with Gasteiger partial charge in [0.05, 0.1) is 25.1 Å². The van der Waals surface area contributed by atoms with E-state index in [1.165, 1.54) is 0 Å². The van der Waals surface area contributed by atoms with E-state index >= 15 is 0 Å². The molecule has 0 aliphatic rings. The van der Waals surface area contributed by atoms with Crippen molar-refractivity contribution in [2.45, 2.75) is 64.3 Å². The lowest BCUT2D eigenvalue weighted by molar-refractivity contribution is -0.142. The molecule has 0 bridgehead atoms. The van der Waals surface area contributed by atoms with Crippen molar-refractivity contribution >= 4 is 46.9 Å². The summed E-state index contributed by atoms with van der Waals surface area (Å²) < 4.78 is 0. The van der Waals surface area contributed by atoms with E-state index in [-0.39, 0.29) is 36.9 Å². The number of nitrogens with zero attached hydrogens (tertiary/aromatic N) is 1. The number of carbonyl (C=O) groups excluding carboxylic acids is 4. The highest BCUT2D eigenvalue weighted by Crippen LogP contribution is 2.19. The second-order valence-corrected chi connectivity index (χ2v) is 14.4. The summed E-state index contributed by atoms with van der Waals surface area (Å²) in [5, 5.41) is 33.0. The van der Waals surface area contributed by atoms with Crippen molar-refractivity contribution in [3.05, 3.63) is 131 Å². The number of hydrogen-bond donors (Lipinski definition) is 7. The molecule has 14 heteroatoms. The summed E-state index contributed by atoms with van der Waals surface area (Å²) in [4.78, 5) is 67.5. The number of halogens is 1. The Morgan fingerprint density at radius 2 is 1.18 bits per heavy atom. The van der Waals surface area contributed by atoms with Crippen LogP contribution in [-0.2, 0) is 49.9 Å². The van der Waals surface area contributed by atoms with E-state index in [0.29, 0.717) is 18.7 Å². The van der Waals surface area contributed by atoms with Gasteiger partial charge in [0.2, 0.25) is 23.6 Å². The third kappa shape index (κ3) is 15.3. The van der Waals surface area contributed by atoms with Crippen LogP contribution in [0.25, 0.3) is 0 Å². The summed E-state index contributed by atoms with van der Waals surface area (Å²) in [6.07, 6.45) is 0.515. The van der Waals surface area contributed by atoms with Gasteiger partial charge in [-0.15, -0.1) is 11.6 Å². The summed E-state index contributed by atoms with van der Waals surface area (Å²) in [6, 6.07) is 30.3. The molecule has 0 spiro atoms. The highest BCUT2D eigenvalue weighted by Gasteiger charge is 2.29. The Morgan fingerprint density at radius 3 is 1.72 bits per heavy atom. The predicted molar refractivity (Wildman–Crippen MR) is 219 cm³/mol. The van der Waals surface area contributed by atoms with Crippen LogP contribution in [0.5, 0.6) is 5.75 Å². The van der Waals surface area contributed by atoms with Gasteiger partial charge in [-0.3, -0.25) is 24.1 Å². The molecule has 4 rings (SSSR count). The van der Waals surface area contributed by atoms with Gasteiger partial charge in [0, 0.05) is 25.2 Å². The topological polar surface area (TPSA) is 189 Å². The number of aliphatic carboxylic acids is 1. The first kappa shape index (κ1) is 43.8. The van der Waals surface area contributed by atoms with Crippen molar-refractivity contribution in [3.63, 3.8) is 0 Å². The van der Waals surface area contributed by atoms with Gasteiger partial charge in [-0.1, -0.05) is 98.8 Å². The Balaban J connectivity index is 1.43. The second kappa shape index (κ2) is 22.6. The van der Waals surface area contributed by atoms with Gasteiger partial charge in [-0.05, 0) is 65.3 Å². The van der Waals surface area contributed by atoms with Crippen molar-refractivity contribution in [1.29, 1.82) is 0 Å². The summed E-state index contributed by atoms with van der Waals surface area (Å²) >= 11 is 5.75. The maximum Gasteiger partial charge on any atom is 0.326 e. The Bertz CT molecular complexity index is 1860. The molecule has 0 aromatic heterocycles. The van der Waals surface area contributed by atoms with Crippen LogP contribution in [0.2, 0.25) is 0 Å². The molecular formula is C43H51ClN6O7. The monoisotopic (exact) mass is 798 g/mol. The molecule has 0 saturated carbocycles. The van der Waals surface area contributed by atoms with E-state index in [4.69, 9.17) is 11.6 Å². The number of anilines is 1. The van der Waals surface area contributed by atoms with Gasteiger partial charge < -0.3 is 36.8 Å². The van der Waals surface area contributed by atoms with E-state index in [0.717, 1.165) is 22.4 Å². The number of phenols is 1. The highest BCUT2D eigenvalue weighted by atomic mass is 35.5. The molecule has 0 radical (unpaired) electrons. The molecule has 57 heavy (non-hydrogen) atoms. The molecule has 4 amide bonds. The zero-order chi connectivity index (χ0) is 41.2. The number of benzene rings is 4. The molecule has 0 fully saturated rings. The van der Waals surface area contributed by atoms with E-state index in [9.17, 15) is 34.2 Å². The van der Waals surface area contributed by atoms with E-state index in [2.05, 4.69) is 26.6 Å². The number of carbonyl (C=O) groups is 5. The van der Waals surface area contributed by atoms with E-state index < -0.39 is 60.8 Å². The lowest BCUT2D eigenvalue weighted by Crippen LogP contribution is -2.54. The van der Waals surface area contributed by atoms with Crippen molar-refractivity contribution in [2.75, 3.05) is 24.4 Å². The molecule has 4 aromatic carbocycles. The minimum absolute atomic E-state index is 0.0176. The first-order chi connectivity index (χ1) is 27.4. The van der Waals surface area contributed by atoms with Crippen LogP contribution in [-0.4, -0.2) is 81.9 Å². The van der Waals surface area contributed by atoms with Crippen LogP contribution < -0.4 is 26.6 Å². The average Bonchev–Trinajstić information content (AvgIpc) is 3.19. The minimum atomic E-state index is -1.19. The van der Waals surface area contributed by atoms with Crippen molar-refractivity contribution in [1.82, 2.24) is 26.2 Å². The molecule has 0 heterocycles. The Hall–Kier alpha value is -5.92. The lowest BCUT2D eigenvalue weighted by Gasteiger charge is -2.31. The van der Waals surface area contributed by atoms with Crippen LogP contribution >= 0.6 is 11.6 Å². The number of hydrogen-bond acceptors (Lipinski definition) is 8. The van der Waals surface area contributed by atoms with Crippen molar-refractivity contribution in [2.24, 2.45) is 5.92 Å². The molecule has 302 valence electrons. The average molecular weight is 799 g/mol. The SMILES string of the molecule is CC(C)C[C@H](NC(=O)[C@H](Cc1ccc(NCCl)cc1)NC(=O)CNC(=O)CNC(=O)[C@H](Cc1ccc(O)cc1)N(Cc1ccccc1)Cc1ccccc1)C(=O)O. The zero-order valence-corrected chi connectivity index (χ0v) is 32.9. The second-order valence-electron chi connectivity index (χ2n) is 14.1. The first-order valence-corrected chi connectivity index (χ1v) is 19.3. The van der Waals surface area contributed by atoms with Gasteiger partial charge in [0.15, 0.2) is 0 Å². The molecule has 0 aliphatic heterocycles. The number of phenolic OH excluding ortho intramolecular Hbond substituents is 1. The fraction of sp³-hybridized carbons (Fsp3) is 0.326. The molecule has 13 nitrogen and oxygen atoms in total. The summed E-state index contributed by atoms with van der Waals surface area (Å²) in [5.41, 5.74) is 4.23. The van der Waals surface area contributed by atoms with E-state index in [1.54, 1.807) is 48.5 Å². The molecule has 7 N–H and O–H groups in total. The minimum Gasteiger partial charge on any atom is -0.508 e. The largest absolute Gasteiger partial charge is 0.508 e. The normalized spacial score (nSPS) is 12.6. The molecular weight excluding hydrogens is 748 g/mol. The number of carboxylic acids is 1. The smallest absolute Gasteiger partial charge is 0.326 e. The van der Waals surface area contributed by atoms with E-state index in [1.807, 2.05) is 79.4 Å². The van der Waals surface area contributed by atoms with Crippen molar-refractivity contribution < 1.29 is 34.2 Å². The maximum atomic E-state index is 14.0. The third-order valence-corrected chi connectivity index (χ3v) is 9.21. The highest BCUT2D eigenvalue weighted by molar-refractivity contribution is 6.18. The van der Waals surface area contributed by atoms with Crippen molar-refractivity contribution in [3.8, 4) is 5.75 Å². The van der Waals surface area contributed by atoms with Crippen LogP contribution in [0.3, 0.4) is 0 Å². The number of rotatable bonds is 22. The van der Waals surface area contributed by atoms with Crippen LogP contribution in [0.4, 0.5) is 5.69 Å². The first-order valence-electron chi connectivity index (χ1n) is 18.8. The fourth-order valence-corrected chi connectivity index (χ4v) is 6.33. The summed E-state index contributed by atoms with van der Waals surface area (Å²) in [6.45, 7) is 3.62. The predicted octanol–water partition coefficient (Wildman–Crippen LogP) is 4.19. The molecule has 4 aromatic rings. The summed E-state index contributed by atoms with van der Waals surface area (Å²) in [5.74, 6) is -3.53. The van der Waals surface area contributed by atoms with Gasteiger partial charge in [0.25, 0.3) is 0 Å². The van der Waals surface area contributed by atoms with Gasteiger partial charge >= 0.3 is 5.97 Å². The number of carboxylic acid groups (broad SMARTS) is 1. The summed E-state index contributed by atoms with van der Waals surface area (Å²) in [7, 11) is 0. The standard InChI is InChI=1S/C43H51ClN6O7/c1-29(2)21-37(43(56)57)49-41(54)36(22-30-13-17-34(18-14-30)47-28-44)48-40(53)25-45-39(52)24-46-42(55)38(23-31-15-19-35(51)20-16-31)50(26-32-9-5-3-6-10-32)27-33-11-7-4-8-12-33/h3-20,29,36-38,47,51H,21-28H2,1-2H3,(H,45,52)(H,46,55)(H,48,53)(H,49,54)(H,56,57)/t36-,37-,38-/m0/s1. The van der Waals surface area contributed by atoms with Gasteiger partial charge in [0.1, 0.15) is 17.8 Å². The maximum absolute atomic E-state index is 14.0. The third-order valence-electron chi connectivity index (χ3n) is 9.07. The van der Waals surface area contributed by atoms with Crippen LogP contribution in [0.15, 0.2) is 109 Å². The number of alkyl halides is 1. The fourth-order valence-electron chi connectivity index (χ4n) is 6.17. The quantitative estimate of drug-likeness (QED) is 0.0452. The molecule has 0 unspecified atom stereocenters. The van der Waals surface area contributed by atoms with Crippen LogP contribution in [0.1, 0.15) is 42.5 Å². The zero-order valence-electron chi connectivity index (χ0n) is 32.1. The molecule has 0 saturated heterocycles. The molecule has 3 atom stereocenters. The Kier molecular flexibility index (Phi) is 17.4. The number of nitrogens with one attached hydrogen (secondary N) is 5. The Labute approximate surface area is 338 Å².